The third-order valence-electron chi connectivity index (χ3n) is 10.0. The monoisotopic (exact) mass is 801 g/mol. The van der Waals surface area contributed by atoms with Crippen molar-refractivity contribution in [3.8, 4) is 0 Å². The smallest absolute Gasteiger partial charge is 0.457 e. The molecule has 0 saturated heterocycles. The third kappa shape index (κ3) is 43.9. The van der Waals surface area contributed by atoms with Gasteiger partial charge < -0.3 is 18.9 Å². The molecule has 0 aromatic rings. The lowest BCUT2D eigenvalue weighted by atomic mass is 10.0. The lowest BCUT2D eigenvalue weighted by molar-refractivity contribution is -0.870. The first-order chi connectivity index (χ1) is 26.6. The number of ether oxygens (including phenoxy) is 2. The van der Waals surface area contributed by atoms with E-state index in [1.807, 2.05) is 21.1 Å². The van der Waals surface area contributed by atoms with Crippen molar-refractivity contribution >= 4 is 13.8 Å². The first-order valence-electron chi connectivity index (χ1n) is 23.1. The minimum atomic E-state index is -4.27. The molecule has 0 fully saturated rings. The van der Waals surface area contributed by atoms with Gasteiger partial charge in [-0.3, -0.25) is 13.8 Å². The van der Waals surface area contributed by atoms with Crippen LogP contribution in [0.3, 0.4) is 0 Å². The molecule has 0 aliphatic heterocycles. The molecule has 0 aliphatic carbocycles. The predicted octanol–water partition coefficient (Wildman–Crippen LogP) is 13.6. The number of quaternary nitrogens is 1. The van der Waals surface area contributed by atoms with Crippen molar-refractivity contribution in [2.24, 2.45) is 0 Å². The van der Waals surface area contributed by atoms with Gasteiger partial charge in [-0.25, -0.2) is 4.57 Å². The first kappa shape index (κ1) is 54.0. The molecule has 0 aromatic carbocycles. The van der Waals surface area contributed by atoms with Crippen LogP contribution >= 0.6 is 7.82 Å². The lowest BCUT2D eigenvalue weighted by Gasteiger charge is -2.24. The highest BCUT2D eigenvalue weighted by Crippen LogP contribution is 2.43. The molecular weight excluding hydrogens is 709 g/mol. The molecule has 0 amide bonds. The number of carbonyl (C=O) groups excluding carboxylic acids is 1. The van der Waals surface area contributed by atoms with Crippen molar-refractivity contribution in [1.82, 2.24) is 0 Å². The van der Waals surface area contributed by atoms with Crippen LogP contribution < -0.4 is 0 Å². The van der Waals surface area contributed by atoms with Crippen LogP contribution in [0.1, 0.15) is 206 Å². The Morgan fingerprint density at radius 1 is 0.564 bits per heavy atom. The molecule has 0 spiro atoms. The Balaban J connectivity index is 4.21. The van der Waals surface area contributed by atoms with Crippen LogP contribution in [-0.2, 0) is 27.9 Å². The van der Waals surface area contributed by atoms with Crippen LogP contribution in [0.2, 0.25) is 0 Å². The van der Waals surface area contributed by atoms with Crippen LogP contribution in [0, 0.1) is 0 Å². The number of hydrogen-bond donors (Lipinski definition) is 1. The Labute approximate surface area is 341 Å². The number of nitrogens with zero attached hydrogens (tertiary/aromatic N) is 1. The maximum Gasteiger partial charge on any atom is 0.472 e. The maximum atomic E-state index is 12.7. The number of rotatable bonds is 43. The summed E-state index contributed by atoms with van der Waals surface area (Å²) in [6.07, 6.45) is 44.9. The van der Waals surface area contributed by atoms with E-state index in [1.165, 1.54) is 141 Å². The Hall–Kier alpha value is -1.02. The van der Waals surface area contributed by atoms with Crippen molar-refractivity contribution in [1.29, 1.82) is 0 Å². The van der Waals surface area contributed by atoms with Crippen LogP contribution in [0.15, 0.2) is 24.3 Å². The fourth-order valence-electron chi connectivity index (χ4n) is 6.41. The van der Waals surface area contributed by atoms with Gasteiger partial charge in [0.05, 0.1) is 34.4 Å². The summed E-state index contributed by atoms with van der Waals surface area (Å²) in [7, 11) is 1.67. The minimum Gasteiger partial charge on any atom is -0.457 e. The summed E-state index contributed by atoms with van der Waals surface area (Å²) in [6, 6.07) is 0. The molecule has 0 saturated carbocycles. The number of phosphoric ester groups is 1. The SMILES string of the molecule is CCCCCC/C=C\C/C=C\CCCCCCCCOCC(COP(=O)(O)OCC[N+](C)(C)C)OC(=O)CCCCCCCCCCCCCCCCCC. The highest BCUT2D eigenvalue weighted by atomic mass is 31.2. The number of hydrogen-bond acceptors (Lipinski definition) is 6. The van der Waals surface area contributed by atoms with Crippen LogP contribution in [0.4, 0.5) is 0 Å². The van der Waals surface area contributed by atoms with E-state index in [0.29, 0.717) is 24.1 Å². The predicted molar refractivity (Wildman–Crippen MR) is 233 cm³/mol. The molecule has 326 valence electrons. The fourth-order valence-corrected chi connectivity index (χ4v) is 7.15. The van der Waals surface area contributed by atoms with E-state index in [2.05, 4.69) is 38.2 Å². The van der Waals surface area contributed by atoms with Gasteiger partial charge in [-0.2, -0.15) is 0 Å². The summed E-state index contributed by atoms with van der Waals surface area (Å²) in [6.45, 7) is 5.61. The summed E-state index contributed by atoms with van der Waals surface area (Å²) < 4.78 is 35.0. The van der Waals surface area contributed by atoms with E-state index >= 15 is 0 Å². The summed E-state index contributed by atoms with van der Waals surface area (Å²) in [5.41, 5.74) is 0. The molecule has 55 heavy (non-hydrogen) atoms. The Bertz CT molecular complexity index is 936. The molecule has 0 rings (SSSR count). The number of phosphoric acid groups is 1. The van der Waals surface area contributed by atoms with Gasteiger partial charge in [0, 0.05) is 13.0 Å². The fraction of sp³-hybridized carbons (Fsp3) is 0.891. The van der Waals surface area contributed by atoms with E-state index in [1.54, 1.807) is 0 Å². The van der Waals surface area contributed by atoms with E-state index in [4.69, 9.17) is 18.5 Å². The molecule has 0 aromatic heterocycles. The molecule has 0 heterocycles. The summed E-state index contributed by atoms with van der Waals surface area (Å²) in [4.78, 5) is 22.9. The second kappa shape index (κ2) is 39.8. The Morgan fingerprint density at radius 2 is 1.00 bits per heavy atom. The molecule has 0 bridgehead atoms. The van der Waals surface area contributed by atoms with E-state index in [9.17, 15) is 14.3 Å². The molecule has 1 N–H and O–H groups in total. The molecule has 2 atom stereocenters. The highest BCUT2D eigenvalue weighted by Gasteiger charge is 2.26. The van der Waals surface area contributed by atoms with Crippen LogP contribution in [0.5, 0.6) is 0 Å². The van der Waals surface area contributed by atoms with E-state index in [-0.39, 0.29) is 25.8 Å². The zero-order valence-electron chi connectivity index (χ0n) is 36.9. The van der Waals surface area contributed by atoms with Crippen LogP contribution in [-0.4, -0.2) is 75.6 Å². The second-order valence-corrected chi connectivity index (χ2v) is 18.2. The number of likely N-dealkylation sites (N-methyl/N-ethyl adjacent to an activating group) is 1. The normalized spacial score (nSPS) is 13.9. The number of esters is 1. The van der Waals surface area contributed by atoms with Gasteiger partial charge in [0.1, 0.15) is 19.3 Å². The minimum absolute atomic E-state index is 0.0884. The standard InChI is InChI=1S/C46H90NO7P/c1-6-8-10-12-14-16-18-20-22-24-26-28-30-32-34-36-38-41-51-43-45(44-53-55(49,50)52-42-40-47(3,4)5)54-46(48)39-37-35-33-31-29-27-25-23-21-19-17-15-13-11-9-7-2/h16,18,22,24,45H,6-15,17,19-21,23,25-44H2,1-5H3/p+1/b18-16-,24-22-. The Kier molecular flexibility index (Phi) is 39.1. The molecule has 0 radical (unpaired) electrons. The van der Waals surface area contributed by atoms with Gasteiger partial charge in [-0.05, 0) is 44.9 Å². The van der Waals surface area contributed by atoms with Crippen molar-refractivity contribution in [3.05, 3.63) is 24.3 Å². The van der Waals surface area contributed by atoms with Crippen LogP contribution in [0.25, 0.3) is 0 Å². The molecule has 9 heteroatoms. The van der Waals surface area contributed by atoms with Gasteiger partial charge >= 0.3 is 13.8 Å². The van der Waals surface area contributed by atoms with Crippen molar-refractivity contribution in [3.63, 3.8) is 0 Å². The zero-order chi connectivity index (χ0) is 40.6. The van der Waals surface area contributed by atoms with Crippen molar-refractivity contribution in [2.45, 2.75) is 213 Å². The van der Waals surface area contributed by atoms with E-state index < -0.39 is 13.9 Å². The molecular formula is C46H91NO7P+. The third-order valence-corrected chi connectivity index (χ3v) is 11.0. The topological polar surface area (TPSA) is 91.3 Å². The number of unbranched alkanes of at least 4 members (excludes halogenated alkanes) is 25. The van der Waals surface area contributed by atoms with Gasteiger partial charge in [-0.1, -0.05) is 179 Å². The van der Waals surface area contributed by atoms with Crippen molar-refractivity contribution in [2.75, 3.05) is 54.1 Å². The number of carbonyl (C=O) groups is 1. The first-order valence-corrected chi connectivity index (χ1v) is 24.6. The zero-order valence-corrected chi connectivity index (χ0v) is 37.8. The quantitative estimate of drug-likeness (QED) is 0.0216. The lowest BCUT2D eigenvalue weighted by Crippen LogP contribution is -2.37. The average molecular weight is 801 g/mol. The highest BCUT2D eigenvalue weighted by molar-refractivity contribution is 7.47. The summed E-state index contributed by atoms with van der Waals surface area (Å²) >= 11 is 0. The van der Waals surface area contributed by atoms with Gasteiger partial charge in [0.15, 0.2) is 0 Å². The molecule has 0 aliphatic rings. The van der Waals surface area contributed by atoms with Gasteiger partial charge in [0.2, 0.25) is 0 Å². The van der Waals surface area contributed by atoms with Gasteiger partial charge in [0.25, 0.3) is 0 Å². The average Bonchev–Trinajstić information content (AvgIpc) is 3.13. The van der Waals surface area contributed by atoms with Gasteiger partial charge in [-0.15, -0.1) is 0 Å². The maximum absolute atomic E-state index is 12.7. The summed E-state index contributed by atoms with van der Waals surface area (Å²) in [5, 5.41) is 0. The van der Waals surface area contributed by atoms with E-state index in [0.717, 1.165) is 44.9 Å². The molecule has 8 nitrogen and oxygen atoms in total. The second-order valence-electron chi connectivity index (χ2n) is 16.8. The van der Waals surface area contributed by atoms with Crippen molar-refractivity contribution < 1.29 is 37.3 Å². The summed E-state index contributed by atoms with van der Waals surface area (Å²) in [5.74, 6) is -0.314. The Morgan fingerprint density at radius 3 is 1.49 bits per heavy atom. The number of allylic oxidation sites excluding steroid dienone is 4. The largest absolute Gasteiger partial charge is 0.472 e. The molecule has 2 unspecified atom stereocenters.